The molecule has 8 nitrogen and oxygen atoms in total. The normalized spacial score (nSPS) is 10.9. The molecular weight excluding hydrogens is 438 g/mol. The Morgan fingerprint density at radius 2 is 1.76 bits per heavy atom. The average Bonchev–Trinajstić information content (AvgIpc) is 2.83. The zero-order chi connectivity index (χ0) is 24.2. The number of ether oxygens (including phenoxy) is 2. The van der Waals surface area contributed by atoms with Crippen molar-refractivity contribution in [1.82, 2.24) is 4.57 Å². The highest BCUT2D eigenvalue weighted by Crippen LogP contribution is 2.27. The first-order chi connectivity index (χ1) is 16.4. The lowest BCUT2D eigenvalue weighted by molar-refractivity contribution is 0.0520. The van der Waals surface area contributed by atoms with Gasteiger partial charge in [-0.25, -0.2) is 9.59 Å². The molecular formula is C26H23NO7. The second-order valence-corrected chi connectivity index (χ2v) is 7.63. The minimum atomic E-state index is -0.760. The largest absolute Gasteiger partial charge is 0.507 e. The Balaban J connectivity index is 1.81. The van der Waals surface area contributed by atoms with E-state index in [2.05, 4.69) is 0 Å². The number of aryl methyl sites for hydroxylation is 1. The smallest absolute Gasteiger partial charge is 0.345 e. The molecule has 0 bridgehead atoms. The summed E-state index contributed by atoms with van der Waals surface area (Å²) in [4.78, 5) is 38.6. The van der Waals surface area contributed by atoms with E-state index in [-0.39, 0.29) is 48.0 Å². The number of hydrogen-bond donors (Lipinski definition) is 1. The molecule has 0 fully saturated rings. The molecule has 0 atom stereocenters. The van der Waals surface area contributed by atoms with Gasteiger partial charge in [-0.1, -0.05) is 42.5 Å². The molecule has 0 aliphatic heterocycles. The van der Waals surface area contributed by atoms with Crippen LogP contribution in [0, 0.1) is 6.92 Å². The van der Waals surface area contributed by atoms with Crippen LogP contribution in [0.5, 0.6) is 11.5 Å². The van der Waals surface area contributed by atoms with Crippen LogP contribution in [-0.2, 0) is 17.9 Å². The zero-order valence-electron chi connectivity index (χ0n) is 18.7. The number of rotatable bonds is 7. The van der Waals surface area contributed by atoms with E-state index >= 15 is 0 Å². The number of carbonyl (C=O) groups is 1. The summed E-state index contributed by atoms with van der Waals surface area (Å²) in [7, 11) is 0. The Kier molecular flexibility index (Phi) is 6.49. The van der Waals surface area contributed by atoms with Crippen molar-refractivity contribution in [2.24, 2.45) is 0 Å². The van der Waals surface area contributed by atoms with E-state index in [1.165, 1.54) is 10.6 Å². The van der Waals surface area contributed by atoms with E-state index in [1.54, 1.807) is 38.1 Å². The van der Waals surface area contributed by atoms with Gasteiger partial charge in [0, 0.05) is 5.69 Å². The molecule has 2 heterocycles. The van der Waals surface area contributed by atoms with Gasteiger partial charge in [-0.3, -0.25) is 4.79 Å². The molecule has 8 heteroatoms. The maximum Gasteiger partial charge on any atom is 0.345 e. The lowest BCUT2D eigenvalue weighted by Crippen LogP contribution is -2.29. The summed E-state index contributed by atoms with van der Waals surface area (Å²) in [6, 6.07) is 17.2. The number of fused-ring (bicyclic) bond motifs is 1. The van der Waals surface area contributed by atoms with Gasteiger partial charge < -0.3 is 23.6 Å². The van der Waals surface area contributed by atoms with Gasteiger partial charge in [-0.2, -0.15) is 0 Å². The van der Waals surface area contributed by atoms with Crippen LogP contribution >= 0.6 is 0 Å². The van der Waals surface area contributed by atoms with Crippen LogP contribution < -0.4 is 15.9 Å². The quantitative estimate of drug-likeness (QED) is 0.330. The molecule has 4 rings (SSSR count). The fourth-order valence-corrected chi connectivity index (χ4v) is 3.65. The van der Waals surface area contributed by atoms with Gasteiger partial charge in [0.1, 0.15) is 23.5 Å². The molecule has 2 aromatic heterocycles. The van der Waals surface area contributed by atoms with Crippen LogP contribution in [-0.4, -0.2) is 22.2 Å². The summed E-state index contributed by atoms with van der Waals surface area (Å²) in [6.07, 6.45) is 0. The van der Waals surface area contributed by atoms with Crippen molar-refractivity contribution in [3.05, 3.63) is 104 Å². The molecule has 174 valence electrons. The molecule has 0 saturated carbocycles. The van der Waals surface area contributed by atoms with E-state index in [0.717, 1.165) is 5.56 Å². The van der Waals surface area contributed by atoms with Gasteiger partial charge in [0.05, 0.1) is 24.1 Å². The molecule has 34 heavy (non-hydrogen) atoms. The van der Waals surface area contributed by atoms with Crippen molar-refractivity contribution in [3.8, 4) is 11.5 Å². The van der Waals surface area contributed by atoms with Crippen LogP contribution in [0.2, 0.25) is 0 Å². The van der Waals surface area contributed by atoms with Crippen molar-refractivity contribution < 1.29 is 23.8 Å². The lowest BCUT2D eigenvalue weighted by atomic mass is 10.1. The molecule has 0 radical (unpaired) electrons. The van der Waals surface area contributed by atoms with Crippen LogP contribution in [0.3, 0.4) is 0 Å². The topological polar surface area (TPSA) is 108 Å². The molecule has 2 aromatic carbocycles. The van der Waals surface area contributed by atoms with Crippen molar-refractivity contribution in [1.29, 1.82) is 0 Å². The third-order valence-corrected chi connectivity index (χ3v) is 5.38. The summed E-state index contributed by atoms with van der Waals surface area (Å²) < 4.78 is 17.5. The third-order valence-electron chi connectivity index (χ3n) is 5.38. The molecule has 1 N–H and O–H groups in total. The lowest BCUT2D eigenvalue weighted by Gasteiger charge is -2.16. The van der Waals surface area contributed by atoms with E-state index in [1.807, 2.05) is 30.3 Å². The molecule has 4 aromatic rings. The second kappa shape index (κ2) is 9.66. The van der Waals surface area contributed by atoms with Gasteiger partial charge >= 0.3 is 11.6 Å². The molecule has 0 aliphatic rings. The summed E-state index contributed by atoms with van der Waals surface area (Å²) in [5, 5.41) is 11.1. The maximum absolute atomic E-state index is 13.4. The van der Waals surface area contributed by atoms with E-state index in [4.69, 9.17) is 13.9 Å². The second-order valence-electron chi connectivity index (χ2n) is 7.63. The SMILES string of the molecule is CCOC(=O)c1cc(C)n(Cc2c(O)c3ccccc3oc2=O)c(=O)c1OCc1ccccc1. The Hall–Kier alpha value is -4.33. The van der Waals surface area contributed by atoms with Gasteiger partial charge in [-0.15, -0.1) is 0 Å². The van der Waals surface area contributed by atoms with Crippen molar-refractivity contribution in [2.75, 3.05) is 6.61 Å². The van der Waals surface area contributed by atoms with E-state index in [9.17, 15) is 19.5 Å². The minimum Gasteiger partial charge on any atom is -0.507 e. The van der Waals surface area contributed by atoms with Gasteiger partial charge in [0.25, 0.3) is 5.56 Å². The predicted octanol–water partition coefficient (Wildman–Crippen LogP) is 3.77. The zero-order valence-corrected chi connectivity index (χ0v) is 18.7. The molecule has 0 aliphatic carbocycles. The van der Waals surface area contributed by atoms with Gasteiger partial charge in [-0.05, 0) is 37.6 Å². The fraction of sp³-hybridized carbons (Fsp3) is 0.192. The van der Waals surface area contributed by atoms with Gasteiger partial charge in [0.15, 0.2) is 5.75 Å². The monoisotopic (exact) mass is 461 g/mol. The van der Waals surface area contributed by atoms with Crippen LogP contribution in [0.1, 0.15) is 34.1 Å². The number of carbonyl (C=O) groups excluding carboxylic acids is 1. The van der Waals surface area contributed by atoms with Crippen LogP contribution in [0.15, 0.2) is 74.7 Å². The first-order valence-corrected chi connectivity index (χ1v) is 10.7. The van der Waals surface area contributed by atoms with Crippen LogP contribution in [0.4, 0.5) is 0 Å². The first kappa shape index (κ1) is 22.8. The van der Waals surface area contributed by atoms with E-state index < -0.39 is 17.2 Å². The average molecular weight is 461 g/mol. The summed E-state index contributed by atoms with van der Waals surface area (Å²) >= 11 is 0. The Morgan fingerprint density at radius 1 is 1.06 bits per heavy atom. The Labute approximate surface area is 194 Å². The highest BCUT2D eigenvalue weighted by atomic mass is 16.5. The molecule has 0 spiro atoms. The number of benzene rings is 2. The standard InChI is InChI=1S/C26H23NO7/c1-3-32-25(30)19-13-16(2)27(24(29)23(19)33-15-17-9-5-4-6-10-17)14-20-22(28)18-11-7-8-12-21(18)34-26(20)31/h4-13,28H,3,14-15H2,1-2H3. The Morgan fingerprint density at radius 3 is 2.50 bits per heavy atom. The van der Waals surface area contributed by atoms with Crippen molar-refractivity contribution in [2.45, 2.75) is 27.0 Å². The van der Waals surface area contributed by atoms with E-state index in [0.29, 0.717) is 11.1 Å². The minimum absolute atomic E-state index is 0.00806. The highest BCUT2D eigenvalue weighted by molar-refractivity contribution is 5.92. The molecule has 0 unspecified atom stereocenters. The Bertz CT molecular complexity index is 1470. The number of aromatic nitrogens is 1. The number of esters is 1. The summed E-state index contributed by atoms with van der Waals surface area (Å²) in [5.41, 5.74) is -0.0613. The number of hydrogen-bond acceptors (Lipinski definition) is 7. The molecule has 0 saturated heterocycles. The predicted molar refractivity (Wildman–Crippen MR) is 125 cm³/mol. The van der Waals surface area contributed by atoms with Crippen molar-refractivity contribution in [3.63, 3.8) is 0 Å². The summed E-state index contributed by atoms with van der Waals surface area (Å²) in [5.74, 6) is -1.15. The van der Waals surface area contributed by atoms with Crippen molar-refractivity contribution >= 4 is 16.9 Å². The number of pyridine rings is 1. The van der Waals surface area contributed by atoms with Crippen LogP contribution in [0.25, 0.3) is 11.0 Å². The number of para-hydroxylation sites is 1. The maximum atomic E-state index is 13.4. The molecule has 0 amide bonds. The highest BCUT2D eigenvalue weighted by Gasteiger charge is 2.23. The first-order valence-electron chi connectivity index (χ1n) is 10.7. The number of nitrogens with zero attached hydrogens (tertiary/aromatic N) is 1. The fourth-order valence-electron chi connectivity index (χ4n) is 3.65. The third kappa shape index (κ3) is 4.43. The van der Waals surface area contributed by atoms with Gasteiger partial charge in [0.2, 0.25) is 0 Å². The number of aromatic hydroxyl groups is 1. The summed E-state index contributed by atoms with van der Waals surface area (Å²) in [6.45, 7) is 3.19.